The summed E-state index contributed by atoms with van der Waals surface area (Å²) in [7, 11) is 0. The number of rotatable bonds is 3. The van der Waals surface area contributed by atoms with Crippen LogP contribution < -0.4 is 5.73 Å². The number of hydrogen-bond acceptors (Lipinski definition) is 3. The third-order valence-electron chi connectivity index (χ3n) is 4.28. The maximum absolute atomic E-state index is 12.3. The molecule has 112 valence electrons. The van der Waals surface area contributed by atoms with Gasteiger partial charge in [-0.15, -0.1) is 12.4 Å². The van der Waals surface area contributed by atoms with Gasteiger partial charge in [0.1, 0.15) is 0 Å². The van der Waals surface area contributed by atoms with E-state index in [0.717, 1.165) is 39.1 Å². The van der Waals surface area contributed by atoms with Crippen molar-refractivity contribution < 1.29 is 4.79 Å². The fourth-order valence-electron chi connectivity index (χ4n) is 3.41. The Morgan fingerprint density at radius 1 is 1.21 bits per heavy atom. The van der Waals surface area contributed by atoms with Crippen molar-refractivity contribution in [3.05, 3.63) is 0 Å². The summed E-state index contributed by atoms with van der Waals surface area (Å²) < 4.78 is 0. The highest BCUT2D eigenvalue weighted by molar-refractivity contribution is 5.85. The van der Waals surface area contributed by atoms with Crippen LogP contribution in [-0.4, -0.2) is 55.0 Å². The molecular weight excluding hydrogens is 262 g/mol. The molecule has 2 aliphatic heterocycles. The predicted octanol–water partition coefficient (Wildman–Crippen LogP) is 1.19. The van der Waals surface area contributed by atoms with Crippen LogP contribution in [0.5, 0.6) is 0 Å². The van der Waals surface area contributed by atoms with Crippen molar-refractivity contribution in [1.29, 1.82) is 0 Å². The minimum absolute atomic E-state index is 0. The molecule has 0 radical (unpaired) electrons. The van der Waals surface area contributed by atoms with Crippen molar-refractivity contribution in [2.45, 2.75) is 26.7 Å². The van der Waals surface area contributed by atoms with Gasteiger partial charge in [0.2, 0.25) is 5.91 Å². The Balaban J connectivity index is 0.00000180. The van der Waals surface area contributed by atoms with Gasteiger partial charge < -0.3 is 10.6 Å². The first-order chi connectivity index (χ1) is 8.58. The maximum atomic E-state index is 12.3. The summed E-state index contributed by atoms with van der Waals surface area (Å²) in [4.78, 5) is 16.6. The average molecular weight is 290 g/mol. The molecule has 0 aromatic rings. The molecule has 2 fully saturated rings. The van der Waals surface area contributed by atoms with Crippen molar-refractivity contribution in [2.24, 2.45) is 23.5 Å². The molecule has 5 heteroatoms. The quantitative estimate of drug-likeness (QED) is 0.849. The van der Waals surface area contributed by atoms with Gasteiger partial charge in [0, 0.05) is 19.6 Å². The molecule has 2 saturated heterocycles. The molecule has 2 N–H and O–H groups in total. The van der Waals surface area contributed by atoms with Crippen molar-refractivity contribution >= 4 is 18.3 Å². The van der Waals surface area contributed by atoms with Crippen LogP contribution in [0.3, 0.4) is 0 Å². The second kappa shape index (κ2) is 7.46. The van der Waals surface area contributed by atoms with Crippen molar-refractivity contribution in [3.8, 4) is 0 Å². The van der Waals surface area contributed by atoms with E-state index in [1.807, 2.05) is 0 Å². The maximum Gasteiger partial charge on any atom is 0.236 e. The Labute approximate surface area is 123 Å². The van der Waals surface area contributed by atoms with E-state index in [1.54, 1.807) is 0 Å². The van der Waals surface area contributed by atoms with Crippen molar-refractivity contribution in [3.63, 3.8) is 0 Å². The van der Waals surface area contributed by atoms with Gasteiger partial charge in [-0.1, -0.05) is 13.8 Å². The first kappa shape index (κ1) is 16.7. The molecule has 4 nitrogen and oxygen atoms in total. The van der Waals surface area contributed by atoms with E-state index in [1.165, 1.54) is 6.42 Å². The zero-order valence-electron chi connectivity index (χ0n) is 12.2. The molecule has 0 aliphatic carbocycles. The van der Waals surface area contributed by atoms with E-state index in [9.17, 15) is 4.79 Å². The van der Waals surface area contributed by atoms with Crippen LogP contribution in [0.4, 0.5) is 0 Å². The summed E-state index contributed by atoms with van der Waals surface area (Å²) in [5, 5.41) is 0. The van der Waals surface area contributed by atoms with Crippen LogP contribution in [0, 0.1) is 17.8 Å². The van der Waals surface area contributed by atoms with E-state index in [-0.39, 0.29) is 12.4 Å². The van der Waals surface area contributed by atoms with Crippen LogP contribution in [0.1, 0.15) is 26.7 Å². The number of hydrogen-bond donors (Lipinski definition) is 1. The lowest BCUT2D eigenvalue weighted by atomic mass is 9.92. The molecule has 0 aromatic heterocycles. The van der Waals surface area contributed by atoms with E-state index in [2.05, 4.69) is 23.6 Å². The second-order valence-corrected chi connectivity index (χ2v) is 6.37. The van der Waals surface area contributed by atoms with Crippen LogP contribution in [0.2, 0.25) is 0 Å². The lowest BCUT2D eigenvalue weighted by Crippen LogP contribution is -2.46. The first-order valence-corrected chi connectivity index (χ1v) is 7.28. The third kappa shape index (κ3) is 4.62. The molecule has 2 rings (SSSR count). The second-order valence-electron chi connectivity index (χ2n) is 6.37. The Bertz CT molecular complexity index is 290. The monoisotopic (exact) mass is 289 g/mol. The standard InChI is InChI=1S/C14H27N3O.ClH/c1-11-5-12(2)8-17(7-11)14(18)10-16-4-3-13(6-15)9-16;/h11-13H,3-10,15H2,1-2H3;1H. The summed E-state index contributed by atoms with van der Waals surface area (Å²) in [6.07, 6.45) is 2.40. The number of carbonyl (C=O) groups is 1. The van der Waals surface area contributed by atoms with E-state index in [0.29, 0.717) is 30.2 Å². The van der Waals surface area contributed by atoms with Gasteiger partial charge in [0.25, 0.3) is 0 Å². The van der Waals surface area contributed by atoms with Gasteiger partial charge in [-0.2, -0.15) is 0 Å². The van der Waals surface area contributed by atoms with Crippen LogP contribution in [0.25, 0.3) is 0 Å². The first-order valence-electron chi connectivity index (χ1n) is 7.28. The van der Waals surface area contributed by atoms with Gasteiger partial charge in [0.05, 0.1) is 6.54 Å². The van der Waals surface area contributed by atoms with Gasteiger partial charge >= 0.3 is 0 Å². The predicted molar refractivity (Wildman–Crippen MR) is 80.4 cm³/mol. The lowest BCUT2D eigenvalue weighted by molar-refractivity contribution is -0.134. The highest BCUT2D eigenvalue weighted by Gasteiger charge is 2.28. The molecule has 3 unspecified atom stereocenters. The van der Waals surface area contributed by atoms with E-state index < -0.39 is 0 Å². The van der Waals surface area contributed by atoms with Crippen molar-refractivity contribution in [1.82, 2.24) is 9.80 Å². The molecule has 2 aliphatic rings. The summed E-state index contributed by atoms with van der Waals surface area (Å²) in [6, 6.07) is 0. The summed E-state index contributed by atoms with van der Waals surface area (Å²) >= 11 is 0. The molecule has 2 heterocycles. The van der Waals surface area contributed by atoms with E-state index in [4.69, 9.17) is 5.73 Å². The molecule has 1 amide bonds. The van der Waals surface area contributed by atoms with Crippen LogP contribution in [-0.2, 0) is 4.79 Å². The molecule has 0 aromatic carbocycles. The Kier molecular flexibility index (Phi) is 6.57. The number of likely N-dealkylation sites (tertiary alicyclic amines) is 2. The van der Waals surface area contributed by atoms with Gasteiger partial charge in [-0.3, -0.25) is 9.69 Å². The smallest absolute Gasteiger partial charge is 0.236 e. The Morgan fingerprint density at radius 2 is 1.84 bits per heavy atom. The van der Waals surface area contributed by atoms with Crippen LogP contribution in [0.15, 0.2) is 0 Å². The summed E-state index contributed by atoms with van der Waals surface area (Å²) in [5.41, 5.74) is 5.68. The molecule has 0 bridgehead atoms. The number of amides is 1. The zero-order valence-corrected chi connectivity index (χ0v) is 13.0. The SMILES string of the molecule is CC1CC(C)CN(C(=O)CN2CCC(CN)C2)C1.Cl. The largest absolute Gasteiger partial charge is 0.341 e. The number of nitrogens with zero attached hydrogens (tertiary/aromatic N) is 2. The topological polar surface area (TPSA) is 49.6 Å². The molecule has 0 saturated carbocycles. The normalized spacial score (nSPS) is 32.2. The Morgan fingerprint density at radius 3 is 2.37 bits per heavy atom. The van der Waals surface area contributed by atoms with Gasteiger partial charge in [-0.25, -0.2) is 0 Å². The van der Waals surface area contributed by atoms with Gasteiger partial charge in [-0.05, 0) is 43.7 Å². The molecule has 3 atom stereocenters. The highest BCUT2D eigenvalue weighted by atomic mass is 35.5. The highest BCUT2D eigenvalue weighted by Crippen LogP contribution is 2.21. The summed E-state index contributed by atoms with van der Waals surface area (Å²) in [5.74, 6) is 2.20. The zero-order chi connectivity index (χ0) is 13.1. The van der Waals surface area contributed by atoms with Crippen molar-refractivity contribution in [2.75, 3.05) is 39.3 Å². The Hall–Kier alpha value is -0.320. The minimum atomic E-state index is 0. The molecular formula is C14H28ClN3O. The van der Waals surface area contributed by atoms with Crippen LogP contribution >= 0.6 is 12.4 Å². The number of halogens is 1. The lowest BCUT2D eigenvalue weighted by Gasteiger charge is -2.35. The summed E-state index contributed by atoms with van der Waals surface area (Å²) in [6.45, 7) is 9.76. The number of piperidine rings is 1. The fraction of sp³-hybridized carbons (Fsp3) is 0.929. The molecule has 19 heavy (non-hydrogen) atoms. The molecule has 0 spiro atoms. The van der Waals surface area contributed by atoms with E-state index >= 15 is 0 Å². The third-order valence-corrected chi connectivity index (χ3v) is 4.28. The average Bonchev–Trinajstić information content (AvgIpc) is 2.75. The minimum Gasteiger partial charge on any atom is -0.341 e. The number of nitrogens with two attached hydrogens (primary N) is 1. The fourth-order valence-corrected chi connectivity index (χ4v) is 3.41. The number of carbonyl (C=O) groups excluding carboxylic acids is 1. The van der Waals surface area contributed by atoms with Gasteiger partial charge in [0.15, 0.2) is 0 Å².